The van der Waals surface area contributed by atoms with Crippen molar-refractivity contribution in [3.63, 3.8) is 0 Å². The maximum absolute atomic E-state index is 13.6. The van der Waals surface area contributed by atoms with E-state index < -0.39 is 5.82 Å². The fraction of sp³-hybridized carbons (Fsp3) is 0.353. The Morgan fingerprint density at radius 2 is 1.92 bits per heavy atom. The molecular formula is C17H21FN6O. The van der Waals surface area contributed by atoms with E-state index in [9.17, 15) is 9.18 Å². The third-order valence-corrected chi connectivity index (χ3v) is 4.15. The van der Waals surface area contributed by atoms with Crippen LogP contribution < -0.4 is 15.1 Å². The molecule has 2 heterocycles. The van der Waals surface area contributed by atoms with E-state index in [0.717, 1.165) is 11.5 Å². The van der Waals surface area contributed by atoms with Crippen LogP contribution in [0.5, 0.6) is 0 Å². The highest BCUT2D eigenvalue weighted by Gasteiger charge is 2.23. The molecule has 0 saturated carbocycles. The first-order chi connectivity index (χ1) is 12.0. The number of carbonyl (C=O) groups excluding carboxylic acids is 1. The van der Waals surface area contributed by atoms with Crippen molar-refractivity contribution in [2.45, 2.75) is 0 Å². The van der Waals surface area contributed by atoms with Crippen molar-refractivity contribution in [2.75, 3.05) is 55.4 Å². The summed E-state index contributed by atoms with van der Waals surface area (Å²) in [5.74, 6) is 0.352. The summed E-state index contributed by atoms with van der Waals surface area (Å²) in [5.41, 5.74) is 1.17. The molecule has 1 N–H and O–H groups in total. The van der Waals surface area contributed by atoms with Crippen molar-refractivity contribution in [1.82, 2.24) is 15.1 Å². The van der Waals surface area contributed by atoms with Crippen molar-refractivity contribution < 1.29 is 9.18 Å². The van der Waals surface area contributed by atoms with E-state index in [1.54, 1.807) is 29.3 Å². The normalized spacial score (nSPS) is 14.4. The fourth-order valence-electron chi connectivity index (χ4n) is 2.64. The van der Waals surface area contributed by atoms with Gasteiger partial charge < -0.3 is 20.0 Å². The van der Waals surface area contributed by atoms with Crippen LogP contribution in [-0.4, -0.2) is 61.4 Å². The third kappa shape index (κ3) is 3.96. The Balaban J connectivity index is 1.59. The van der Waals surface area contributed by atoms with Gasteiger partial charge in [-0.3, -0.25) is 0 Å². The van der Waals surface area contributed by atoms with Crippen LogP contribution in [0.2, 0.25) is 0 Å². The van der Waals surface area contributed by atoms with Gasteiger partial charge in [-0.05, 0) is 12.1 Å². The molecule has 25 heavy (non-hydrogen) atoms. The summed E-state index contributed by atoms with van der Waals surface area (Å²) in [4.78, 5) is 18.0. The number of rotatable bonds is 3. The molecule has 0 atom stereocenters. The number of aromatic nitrogens is 2. The van der Waals surface area contributed by atoms with Crippen LogP contribution in [0.1, 0.15) is 0 Å². The van der Waals surface area contributed by atoms with Crippen LogP contribution in [-0.2, 0) is 0 Å². The van der Waals surface area contributed by atoms with E-state index in [4.69, 9.17) is 0 Å². The highest BCUT2D eigenvalue weighted by molar-refractivity contribution is 5.89. The van der Waals surface area contributed by atoms with Crippen LogP contribution in [0.15, 0.2) is 36.5 Å². The number of hydrogen-bond acceptors (Lipinski definition) is 5. The van der Waals surface area contributed by atoms with Crippen LogP contribution in [0.3, 0.4) is 0 Å². The third-order valence-electron chi connectivity index (χ3n) is 4.15. The minimum atomic E-state index is -0.440. The molecule has 0 radical (unpaired) electrons. The van der Waals surface area contributed by atoms with E-state index in [2.05, 4.69) is 20.4 Å². The second-order valence-electron chi connectivity index (χ2n) is 6.05. The standard InChI is InChI=1S/C17H21FN6O/c1-22(2)13-11-16(21-19-12-13)23-7-9-24(10-8-23)17(25)20-15-6-4-3-5-14(15)18/h3-6,11-12H,7-10H2,1-2H3,(H,20,25). The summed E-state index contributed by atoms with van der Waals surface area (Å²) < 4.78 is 13.6. The molecule has 8 heteroatoms. The second-order valence-corrected chi connectivity index (χ2v) is 6.05. The SMILES string of the molecule is CN(C)c1cnnc(N2CCN(C(=O)Nc3ccccc3F)CC2)c1. The molecule has 1 saturated heterocycles. The van der Waals surface area contributed by atoms with Gasteiger partial charge in [-0.15, -0.1) is 5.10 Å². The van der Waals surface area contributed by atoms with Gasteiger partial charge in [0.05, 0.1) is 17.6 Å². The van der Waals surface area contributed by atoms with Crippen LogP contribution in [0.4, 0.5) is 26.4 Å². The number of nitrogens with zero attached hydrogens (tertiary/aromatic N) is 5. The van der Waals surface area contributed by atoms with Crippen molar-refractivity contribution in [1.29, 1.82) is 0 Å². The van der Waals surface area contributed by atoms with E-state index in [1.165, 1.54) is 6.07 Å². The van der Waals surface area contributed by atoms with Crippen molar-refractivity contribution in [3.05, 3.63) is 42.3 Å². The number of piperazine rings is 1. The van der Waals surface area contributed by atoms with Crippen molar-refractivity contribution in [3.8, 4) is 0 Å². The first kappa shape index (κ1) is 16.9. The molecule has 1 fully saturated rings. The van der Waals surface area contributed by atoms with Crippen LogP contribution >= 0.6 is 0 Å². The number of benzene rings is 1. The second kappa shape index (κ2) is 7.33. The van der Waals surface area contributed by atoms with Crippen molar-refractivity contribution in [2.24, 2.45) is 0 Å². The molecule has 132 valence electrons. The summed E-state index contributed by atoms with van der Waals surface area (Å²) in [5, 5.41) is 10.8. The Bertz CT molecular complexity index is 745. The lowest BCUT2D eigenvalue weighted by atomic mass is 10.3. The number of halogens is 1. The summed E-state index contributed by atoms with van der Waals surface area (Å²) in [6.45, 7) is 2.37. The molecule has 0 bridgehead atoms. The predicted octanol–water partition coefficient (Wildman–Crippen LogP) is 2.04. The number of anilines is 3. The minimum Gasteiger partial charge on any atom is -0.376 e. The molecule has 7 nitrogen and oxygen atoms in total. The zero-order valence-corrected chi connectivity index (χ0v) is 14.3. The highest BCUT2D eigenvalue weighted by atomic mass is 19.1. The van der Waals surface area contributed by atoms with E-state index >= 15 is 0 Å². The van der Waals surface area contributed by atoms with Gasteiger partial charge in [0.1, 0.15) is 5.82 Å². The first-order valence-electron chi connectivity index (χ1n) is 8.10. The van der Waals surface area contributed by atoms with E-state index in [0.29, 0.717) is 26.2 Å². The van der Waals surface area contributed by atoms with Gasteiger partial charge in [0, 0.05) is 46.3 Å². The van der Waals surface area contributed by atoms with Crippen LogP contribution in [0.25, 0.3) is 0 Å². The van der Waals surface area contributed by atoms with Gasteiger partial charge in [-0.2, -0.15) is 5.10 Å². The van der Waals surface area contributed by atoms with E-state index in [-0.39, 0.29) is 11.7 Å². The Morgan fingerprint density at radius 1 is 1.20 bits per heavy atom. The molecule has 0 spiro atoms. The van der Waals surface area contributed by atoms with Gasteiger partial charge >= 0.3 is 6.03 Å². The predicted molar refractivity (Wildman–Crippen MR) is 95.6 cm³/mol. The average Bonchev–Trinajstić information content (AvgIpc) is 2.64. The molecule has 0 aliphatic carbocycles. The number of hydrogen-bond donors (Lipinski definition) is 1. The molecule has 1 aromatic heterocycles. The van der Waals surface area contributed by atoms with Crippen LogP contribution in [0, 0.1) is 5.82 Å². The Kier molecular flexibility index (Phi) is 4.97. The molecule has 3 rings (SSSR count). The quantitative estimate of drug-likeness (QED) is 0.923. The molecule has 0 unspecified atom stereocenters. The topological polar surface area (TPSA) is 64.6 Å². The molecule has 1 aliphatic heterocycles. The molecular weight excluding hydrogens is 323 g/mol. The number of amides is 2. The average molecular weight is 344 g/mol. The van der Waals surface area contributed by atoms with Gasteiger partial charge in [-0.25, -0.2) is 9.18 Å². The van der Waals surface area contributed by atoms with Gasteiger partial charge in [-0.1, -0.05) is 12.1 Å². The summed E-state index contributed by atoms with van der Waals surface area (Å²) in [6.07, 6.45) is 1.71. The molecule has 1 aromatic carbocycles. The fourth-order valence-corrected chi connectivity index (χ4v) is 2.64. The minimum absolute atomic E-state index is 0.194. The first-order valence-corrected chi connectivity index (χ1v) is 8.10. The number of nitrogens with one attached hydrogen (secondary N) is 1. The number of carbonyl (C=O) groups is 1. The van der Waals surface area contributed by atoms with Gasteiger partial charge in [0.25, 0.3) is 0 Å². The summed E-state index contributed by atoms with van der Waals surface area (Å²) >= 11 is 0. The Labute approximate surface area is 146 Å². The lowest BCUT2D eigenvalue weighted by Crippen LogP contribution is -2.50. The molecule has 2 aromatic rings. The Morgan fingerprint density at radius 3 is 2.60 bits per heavy atom. The zero-order chi connectivity index (χ0) is 17.8. The smallest absolute Gasteiger partial charge is 0.322 e. The monoisotopic (exact) mass is 344 g/mol. The molecule has 2 amide bonds. The highest BCUT2D eigenvalue weighted by Crippen LogP contribution is 2.19. The Hall–Kier alpha value is -2.90. The summed E-state index contributed by atoms with van der Waals surface area (Å²) in [7, 11) is 3.90. The maximum Gasteiger partial charge on any atom is 0.322 e. The summed E-state index contributed by atoms with van der Waals surface area (Å²) in [6, 6.07) is 7.83. The number of para-hydroxylation sites is 1. The van der Waals surface area contributed by atoms with Gasteiger partial charge in [0.2, 0.25) is 0 Å². The lowest BCUT2D eigenvalue weighted by Gasteiger charge is -2.35. The molecule has 1 aliphatic rings. The number of urea groups is 1. The maximum atomic E-state index is 13.6. The largest absolute Gasteiger partial charge is 0.376 e. The van der Waals surface area contributed by atoms with E-state index in [1.807, 2.05) is 25.1 Å². The van der Waals surface area contributed by atoms with Crippen molar-refractivity contribution >= 4 is 23.2 Å². The van der Waals surface area contributed by atoms with Gasteiger partial charge in [0.15, 0.2) is 5.82 Å². The zero-order valence-electron chi connectivity index (χ0n) is 14.3. The lowest BCUT2D eigenvalue weighted by molar-refractivity contribution is 0.208.